The van der Waals surface area contributed by atoms with Crippen LogP contribution in [0.3, 0.4) is 0 Å². The van der Waals surface area contributed by atoms with Crippen molar-refractivity contribution >= 4 is 51.8 Å². The number of carbonyl (C=O) groups excluding carboxylic acids is 1. The second-order valence-corrected chi connectivity index (χ2v) is 10.2. The molecule has 10 nitrogen and oxygen atoms in total. The van der Waals surface area contributed by atoms with Crippen molar-refractivity contribution in [2.24, 2.45) is 0 Å². The number of hydrogen-bond donors (Lipinski definition) is 2. The summed E-state index contributed by atoms with van der Waals surface area (Å²) in [4.78, 5) is 33.0. The van der Waals surface area contributed by atoms with Crippen molar-refractivity contribution in [2.45, 2.75) is 45.4 Å². The lowest BCUT2D eigenvalue weighted by Gasteiger charge is -2.26. The summed E-state index contributed by atoms with van der Waals surface area (Å²) in [5.41, 5.74) is 1.88. The summed E-state index contributed by atoms with van der Waals surface area (Å²) >= 11 is 6.46. The van der Waals surface area contributed by atoms with Gasteiger partial charge in [-0.3, -0.25) is 4.79 Å². The number of aromatic nitrogens is 5. The summed E-state index contributed by atoms with van der Waals surface area (Å²) in [5.74, 6) is 1.81. The predicted molar refractivity (Wildman–Crippen MR) is 139 cm³/mol. The number of nitrogens with zero attached hydrogens (tertiary/aromatic N) is 6. The van der Waals surface area contributed by atoms with E-state index in [1.165, 1.54) is 12.7 Å². The monoisotopic (exact) mass is 506 g/mol. The van der Waals surface area contributed by atoms with E-state index in [0.29, 0.717) is 50.7 Å². The molecule has 0 atom stereocenters. The van der Waals surface area contributed by atoms with Crippen LogP contribution < -0.4 is 15.5 Å². The smallest absolute Gasteiger partial charge is 0.256 e. The number of amides is 1. The normalized spacial score (nSPS) is 14.2. The molecule has 36 heavy (non-hydrogen) atoms. The van der Waals surface area contributed by atoms with E-state index < -0.39 is 0 Å². The molecule has 4 aromatic rings. The average molecular weight is 507 g/mol. The van der Waals surface area contributed by atoms with Crippen molar-refractivity contribution in [3.63, 3.8) is 0 Å². The van der Waals surface area contributed by atoms with Crippen molar-refractivity contribution in [2.75, 3.05) is 28.6 Å². The molecule has 5 rings (SSSR count). The molecule has 1 amide bonds. The van der Waals surface area contributed by atoms with Crippen LogP contribution in [0.1, 0.15) is 56.2 Å². The zero-order chi connectivity index (χ0) is 25.3. The quantitative estimate of drug-likeness (QED) is 0.369. The fourth-order valence-electron chi connectivity index (χ4n) is 3.95. The third kappa shape index (κ3) is 5.08. The molecule has 0 aliphatic carbocycles. The fourth-order valence-corrected chi connectivity index (χ4v) is 4.11. The maximum Gasteiger partial charge on any atom is 0.256 e. The van der Waals surface area contributed by atoms with Crippen molar-refractivity contribution < 1.29 is 9.32 Å². The SMILES string of the molecule is CC(C)(C)c1cc(NC(=O)c2ccc(Cl)c(Nc3ncnc4cnc(N5CCCCC5)nc34)c2)no1. The molecule has 1 aliphatic heterocycles. The molecule has 11 heteroatoms. The second-order valence-electron chi connectivity index (χ2n) is 9.77. The maximum absolute atomic E-state index is 12.9. The van der Waals surface area contributed by atoms with E-state index in [1.54, 1.807) is 30.5 Å². The van der Waals surface area contributed by atoms with E-state index in [9.17, 15) is 4.79 Å². The first-order chi connectivity index (χ1) is 17.3. The largest absolute Gasteiger partial charge is 0.359 e. The Labute approximate surface area is 213 Å². The fraction of sp³-hybridized carbons (Fsp3) is 0.360. The minimum absolute atomic E-state index is 0.217. The minimum Gasteiger partial charge on any atom is -0.359 e. The summed E-state index contributed by atoms with van der Waals surface area (Å²) < 4.78 is 5.35. The van der Waals surface area contributed by atoms with Gasteiger partial charge in [0.2, 0.25) is 5.95 Å². The average Bonchev–Trinajstić information content (AvgIpc) is 3.35. The minimum atomic E-state index is -0.342. The molecule has 0 bridgehead atoms. The van der Waals surface area contributed by atoms with Gasteiger partial charge in [-0.05, 0) is 37.5 Å². The van der Waals surface area contributed by atoms with Crippen LogP contribution in [0.25, 0.3) is 11.0 Å². The first-order valence-corrected chi connectivity index (χ1v) is 12.2. The third-order valence-electron chi connectivity index (χ3n) is 5.98. The Bertz CT molecular complexity index is 1410. The van der Waals surface area contributed by atoms with Crippen molar-refractivity contribution in [1.29, 1.82) is 0 Å². The zero-order valence-electron chi connectivity index (χ0n) is 20.4. The van der Waals surface area contributed by atoms with Crippen molar-refractivity contribution in [1.82, 2.24) is 25.1 Å². The highest BCUT2D eigenvalue weighted by molar-refractivity contribution is 6.33. The van der Waals surface area contributed by atoms with Crippen LogP contribution in [0.5, 0.6) is 0 Å². The molecule has 0 spiro atoms. The van der Waals surface area contributed by atoms with Crippen molar-refractivity contribution in [3.8, 4) is 0 Å². The number of nitrogens with one attached hydrogen (secondary N) is 2. The summed E-state index contributed by atoms with van der Waals surface area (Å²) in [6.45, 7) is 7.87. The molecular weight excluding hydrogens is 480 g/mol. The Morgan fingerprint density at radius 1 is 1.08 bits per heavy atom. The first kappa shape index (κ1) is 23.9. The molecule has 4 heterocycles. The Hall–Kier alpha value is -3.79. The summed E-state index contributed by atoms with van der Waals surface area (Å²) in [6.07, 6.45) is 6.60. The third-order valence-corrected chi connectivity index (χ3v) is 6.31. The van der Waals surface area contributed by atoms with Crippen molar-refractivity contribution in [3.05, 3.63) is 53.1 Å². The van der Waals surface area contributed by atoms with Gasteiger partial charge in [-0.2, -0.15) is 0 Å². The molecule has 1 fully saturated rings. The van der Waals surface area contributed by atoms with Crippen LogP contribution in [0.2, 0.25) is 5.02 Å². The Kier molecular flexibility index (Phi) is 6.44. The molecule has 0 saturated carbocycles. The van der Waals surface area contributed by atoms with Gasteiger partial charge in [0.1, 0.15) is 23.1 Å². The molecule has 0 unspecified atom stereocenters. The van der Waals surface area contributed by atoms with Crippen LogP contribution >= 0.6 is 11.6 Å². The van der Waals surface area contributed by atoms with Gasteiger partial charge in [-0.25, -0.2) is 19.9 Å². The predicted octanol–water partition coefficient (Wildman–Crippen LogP) is 5.34. The standard InChI is InChI=1S/C25H27ClN8O2/c1-25(2,3)19-12-20(33-36-19)31-23(35)15-7-8-16(26)17(11-15)30-22-21-18(28-14-29-22)13-27-24(32-21)34-9-5-4-6-10-34/h7-8,11-14H,4-6,9-10H2,1-3H3,(H,28,29,30)(H,31,33,35). The first-order valence-electron chi connectivity index (χ1n) is 11.9. The van der Waals surface area contributed by atoms with Gasteiger partial charge in [0.15, 0.2) is 11.6 Å². The van der Waals surface area contributed by atoms with Crippen LogP contribution in [0, 0.1) is 0 Å². The van der Waals surface area contributed by atoms with Gasteiger partial charge < -0.3 is 20.1 Å². The summed E-state index contributed by atoms with van der Waals surface area (Å²) in [7, 11) is 0. The lowest BCUT2D eigenvalue weighted by molar-refractivity contribution is 0.102. The Morgan fingerprint density at radius 2 is 1.89 bits per heavy atom. The van der Waals surface area contributed by atoms with E-state index in [4.69, 9.17) is 21.1 Å². The summed E-state index contributed by atoms with van der Waals surface area (Å²) in [6, 6.07) is 6.67. The highest BCUT2D eigenvalue weighted by Gasteiger charge is 2.21. The van der Waals surface area contributed by atoms with Gasteiger partial charge in [0.05, 0.1) is 16.9 Å². The van der Waals surface area contributed by atoms with Crippen LogP contribution in [-0.4, -0.2) is 44.1 Å². The van der Waals surface area contributed by atoms with Gasteiger partial charge in [-0.15, -0.1) is 0 Å². The van der Waals surface area contributed by atoms with Gasteiger partial charge in [0.25, 0.3) is 5.91 Å². The number of halogens is 1. The highest BCUT2D eigenvalue weighted by Crippen LogP contribution is 2.30. The number of carbonyl (C=O) groups is 1. The van der Waals surface area contributed by atoms with E-state index in [2.05, 4.69) is 35.6 Å². The molecule has 2 N–H and O–H groups in total. The van der Waals surface area contributed by atoms with Gasteiger partial charge in [0, 0.05) is 30.1 Å². The van der Waals surface area contributed by atoms with Crippen LogP contribution in [-0.2, 0) is 5.41 Å². The maximum atomic E-state index is 12.9. The second kappa shape index (κ2) is 9.69. The number of anilines is 4. The number of rotatable bonds is 5. The van der Waals surface area contributed by atoms with Gasteiger partial charge >= 0.3 is 0 Å². The number of fused-ring (bicyclic) bond motifs is 1. The molecule has 3 aromatic heterocycles. The Morgan fingerprint density at radius 3 is 2.64 bits per heavy atom. The molecule has 0 radical (unpaired) electrons. The zero-order valence-corrected chi connectivity index (χ0v) is 21.1. The van der Waals surface area contributed by atoms with E-state index >= 15 is 0 Å². The van der Waals surface area contributed by atoms with Gasteiger partial charge in [-0.1, -0.05) is 37.5 Å². The number of benzene rings is 1. The van der Waals surface area contributed by atoms with E-state index in [-0.39, 0.29) is 11.3 Å². The summed E-state index contributed by atoms with van der Waals surface area (Å²) in [5, 5.41) is 10.4. The van der Waals surface area contributed by atoms with E-state index in [1.807, 2.05) is 20.8 Å². The molecule has 1 saturated heterocycles. The number of hydrogen-bond acceptors (Lipinski definition) is 9. The topological polar surface area (TPSA) is 122 Å². The Balaban J connectivity index is 1.40. The molecule has 1 aromatic carbocycles. The van der Waals surface area contributed by atoms with Crippen LogP contribution in [0.4, 0.5) is 23.3 Å². The lowest BCUT2D eigenvalue weighted by atomic mass is 9.93. The lowest BCUT2D eigenvalue weighted by Crippen LogP contribution is -2.31. The molecular formula is C25H27ClN8O2. The number of piperidine rings is 1. The highest BCUT2D eigenvalue weighted by atomic mass is 35.5. The van der Waals surface area contributed by atoms with Crippen LogP contribution in [0.15, 0.2) is 41.3 Å². The molecule has 1 aliphatic rings. The molecule has 186 valence electrons. The van der Waals surface area contributed by atoms with E-state index in [0.717, 1.165) is 25.9 Å².